The second-order valence-corrected chi connectivity index (χ2v) is 8.10. The van der Waals surface area contributed by atoms with Crippen molar-refractivity contribution in [1.82, 2.24) is 15.8 Å². The summed E-state index contributed by atoms with van der Waals surface area (Å²) in [6.07, 6.45) is 0. The number of aryl methyl sites for hydroxylation is 3. The quantitative estimate of drug-likeness (QED) is 0.600. The molecule has 6 nitrogen and oxygen atoms in total. The zero-order valence-corrected chi connectivity index (χ0v) is 17.1. The normalized spacial score (nSPS) is 18.9. The van der Waals surface area contributed by atoms with Gasteiger partial charge in [-0.1, -0.05) is 48.0 Å². The Morgan fingerprint density at radius 3 is 2.32 bits per heavy atom. The average molecular weight is 398 g/mol. The van der Waals surface area contributed by atoms with Crippen LogP contribution in [0.2, 0.25) is 0 Å². The number of carbonyl (C=O) groups excluding carboxylic acids is 3. The Morgan fingerprint density at radius 2 is 1.71 bits per heavy atom. The smallest absolute Gasteiger partial charge is 0.318 e. The van der Waals surface area contributed by atoms with Crippen LogP contribution < -0.4 is 10.7 Å². The van der Waals surface area contributed by atoms with Gasteiger partial charge in [0.25, 0.3) is 5.91 Å². The van der Waals surface area contributed by atoms with Crippen LogP contribution in [-0.4, -0.2) is 28.6 Å². The van der Waals surface area contributed by atoms with E-state index in [9.17, 15) is 14.4 Å². The van der Waals surface area contributed by atoms with Crippen molar-refractivity contribution in [2.75, 3.05) is 5.75 Å². The molecule has 28 heavy (non-hydrogen) atoms. The van der Waals surface area contributed by atoms with Gasteiger partial charge in [0.1, 0.15) is 5.54 Å². The van der Waals surface area contributed by atoms with Gasteiger partial charge < -0.3 is 5.32 Å². The van der Waals surface area contributed by atoms with Crippen LogP contribution in [0.25, 0.3) is 0 Å². The van der Waals surface area contributed by atoms with E-state index in [2.05, 4.69) is 22.9 Å². The molecule has 0 bridgehead atoms. The second-order valence-electron chi connectivity index (χ2n) is 7.11. The predicted octanol–water partition coefficient (Wildman–Crippen LogP) is 3.20. The molecule has 3 rings (SSSR count). The number of hydrogen-bond acceptors (Lipinski definition) is 4. The molecule has 0 aliphatic carbocycles. The van der Waals surface area contributed by atoms with E-state index in [0.29, 0.717) is 5.56 Å². The summed E-state index contributed by atoms with van der Waals surface area (Å²) in [6.45, 7) is 7.66. The Balaban J connectivity index is 1.68. The van der Waals surface area contributed by atoms with Crippen LogP contribution in [0.4, 0.5) is 4.79 Å². The number of carbonyl (C=O) groups is 3. The summed E-state index contributed by atoms with van der Waals surface area (Å²) in [7, 11) is 0. The Hall–Kier alpha value is -2.80. The van der Waals surface area contributed by atoms with Gasteiger partial charge in [-0.25, -0.2) is 4.79 Å². The van der Waals surface area contributed by atoms with Crippen molar-refractivity contribution in [2.24, 2.45) is 0 Å². The number of hydrogen-bond donors (Lipinski definition) is 2. The van der Waals surface area contributed by atoms with Crippen LogP contribution in [0.3, 0.4) is 0 Å². The lowest BCUT2D eigenvalue weighted by molar-refractivity contribution is -0.138. The molecule has 1 aliphatic heterocycles. The third-order valence-corrected chi connectivity index (χ3v) is 6.07. The van der Waals surface area contributed by atoms with Crippen molar-refractivity contribution < 1.29 is 14.4 Å². The van der Waals surface area contributed by atoms with Gasteiger partial charge in [0, 0.05) is 4.90 Å². The first-order valence-corrected chi connectivity index (χ1v) is 9.93. The molecule has 2 aromatic carbocycles. The maximum absolute atomic E-state index is 12.8. The van der Waals surface area contributed by atoms with Gasteiger partial charge in [0.2, 0.25) is 5.91 Å². The fourth-order valence-electron chi connectivity index (χ4n) is 3.40. The predicted molar refractivity (Wildman–Crippen MR) is 109 cm³/mol. The average Bonchev–Trinajstić information content (AvgIpc) is 2.86. The number of amides is 4. The second kappa shape index (κ2) is 7.67. The summed E-state index contributed by atoms with van der Waals surface area (Å²) in [5.74, 6) is -0.820. The summed E-state index contributed by atoms with van der Waals surface area (Å²) < 4.78 is 0. The van der Waals surface area contributed by atoms with Gasteiger partial charge in [-0.3, -0.25) is 15.0 Å². The minimum absolute atomic E-state index is 0.101. The lowest BCUT2D eigenvalue weighted by atomic mass is 9.92. The molecule has 0 radical (unpaired) electrons. The van der Waals surface area contributed by atoms with Crippen LogP contribution in [0, 0.1) is 20.8 Å². The lowest BCUT2D eigenvalue weighted by Crippen LogP contribution is -2.48. The van der Waals surface area contributed by atoms with Crippen LogP contribution in [-0.2, 0) is 15.1 Å². The summed E-state index contributed by atoms with van der Waals surface area (Å²) in [6, 6.07) is 12.4. The van der Waals surface area contributed by atoms with Gasteiger partial charge in [0.05, 0.1) is 5.75 Å². The standard InChI is InChI=1S/C21H23N3O3S/c1-13-10-14(2)18(15(3)11-13)28-12-17(25)23-24-19(26)21(4,22-20(24)27)16-8-6-5-7-9-16/h5-11H,12H2,1-4H3,(H,22,27)(H,23,25)/t21-/m1/s1. The van der Waals surface area contributed by atoms with E-state index in [-0.39, 0.29) is 5.75 Å². The molecule has 0 spiro atoms. The molecule has 1 atom stereocenters. The van der Waals surface area contributed by atoms with Crippen LogP contribution >= 0.6 is 11.8 Å². The lowest BCUT2D eigenvalue weighted by Gasteiger charge is -2.22. The number of rotatable bonds is 5. The summed E-state index contributed by atoms with van der Waals surface area (Å²) in [5, 5.41) is 3.43. The van der Waals surface area contributed by atoms with Crippen molar-refractivity contribution in [1.29, 1.82) is 0 Å². The Bertz CT molecular complexity index is 922. The molecule has 1 aliphatic rings. The molecule has 1 heterocycles. The minimum Gasteiger partial charge on any atom is -0.318 e. The fourth-order valence-corrected chi connectivity index (χ4v) is 4.31. The first-order chi connectivity index (χ1) is 13.2. The number of nitrogens with one attached hydrogen (secondary N) is 2. The van der Waals surface area contributed by atoms with Gasteiger partial charge >= 0.3 is 6.03 Å². The molecule has 0 aromatic heterocycles. The van der Waals surface area contributed by atoms with E-state index in [1.807, 2.05) is 26.8 Å². The van der Waals surface area contributed by atoms with Gasteiger partial charge in [0.15, 0.2) is 0 Å². The van der Waals surface area contributed by atoms with Crippen LogP contribution in [0.1, 0.15) is 29.2 Å². The molecule has 1 fully saturated rings. The molecular formula is C21H23N3O3S. The van der Waals surface area contributed by atoms with Gasteiger partial charge in [-0.15, -0.1) is 11.8 Å². The number of imide groups is 1. The fraction of sp³-hybridized carbons (Fsp3) is 0.286. The van der Waals surface area contributed by atoms with Crippen molar-refractivity contribution in [3.8, 4) is 0 Å². The third kappa shape index (κ3) is 3.75. The Kier molecular flexibility index (Phi) is 5.47. The first kappa shape index (κ1) is 19.9. The number of nitrogens with zero attached hydrogens (tertiary/aromatic N) is 1. The summed E-state index contributed by atoms with van der Waals surface area (Å²) in [5.41, 5.74) is 5.26. The monoisotopic (exact) mass is 397 g/mol. The molecular weight excluding hydrogens is 374 g/mol. The highest BCUT2D eigenvalue weighted by atomic mass is 32.2. The van der Waals surface area contributed by atoms with Crippen LogP contribution in [0.15, 0.2) is 47.4 Å². The van der Waals surface area contributed by atoms with Crippen molar-refractivity contribution in [3.63, 3.8) is 0 Å². The molecule has 1 saturated heterocycles. The van der Waals surface area contributed by atoms with E-state index in [0.717, 1.165) is 21.0 Å². The van der Waals surface area contributed by atoms with Crippen molar-refractivity contribution in [2.45, 2.75) is 38.1 Å². The van der Waals surface area contributed by atoms with Crippen molar-refractivity contribution in [3.05, 3.63) is 64.7 Å². The molecule has 146 valence electrons. The Labute approximate surface area is 168 Å². The minimum atomic E-state index is -1.21. The molecule has 0 saturated carbocycles. The van der Waals surface area contributed by atoms with E-state index in [4.69, 9.17) is 0 Å². The Morgan fingerprint density at radius 1 is 1.11 bits per heavy atom. The molecule has 7 heteroatoms. The number of benzene rings is 2. The highest BCUT2D eigenvalue weighted by Crippen LogP contribution is 2.29. The largest absolute Gasteiger partial charge is 0.344 e. The van der Waals surface area contributed by atoms with Crippen LogP contribution in [0.5, 0.6) is 0 Å². The zero-order valence-electron chi connectivity index (χ0n) is 16.3. The SMILES string of the molecule is Cc1cc(C)c(SCC(=O)NN2C(=O)N[C@](C)(c3ccccc3)C2=O)c(C)c1. The van der Waals surface area contributed by atoms with Crippen molar-refractivity contribution >= 4 is 29.6 Å². The molecule has 2 aromatic rings. The molecule has 4 amide bonds. The molecule has 2 N–H and O–H groups in total. The van der Waals surface area contributed by atoms with E-state index in [1.165, 1.54) is 17.3 Å². The topological polar surface area (TPSA) is 78.5 Å². The maximum Gasteiger partial charge on any atom is 0.344 e. The summed E-state index contributed by atoms with van der Waals surface area (Å²) in [4.78, 5) is 38.5. The number of urea groups is 1. The number of thioether (sulfide) groups is 1. The molecule has 0 unspecified atom stereocenters. The maximum atomic E-state index is 12.8. The highest BCUT2D eigenvalue weighted by Gasteiger charge is 2.49. The summed E-state index contributed by atoms with van der Waals surface area (Å²) >= 11 is 1.39. The van der Waals surface area contributed by atoms with Gasteiger partial charge in [-0.05, 0) is 44.4 Å². The number of hydrazine groups is 1. The highest BCUT2D eigenvalue weighted by molar-refractivity contribution is 8.00. The third-order valence-electron chi connectivity index (χ3n) is 4.73. The van der Waals surface area contributed by atoms with Gasteiger partial charge in [-0.2, -0.15) is 5.01 Å². The zero-order chi connectivity index (χ0) is 20.5. The van der Waals surface area contributed by atoms with E-state index >= 15 is 0 Å². The van der Waals surface area contributed by atoms with E-state index < -0.39 is 23.4 Å². The first-order valence-electron chi connectivity index (χ1n) is 8.94. The van der Waals surface area contributed by atoms with E-state index in [1.54, 1.807) is 31.2 Å².